The van der Waals surface area contributed by atoms with E-state index in [-0.39, 0.29) is 24.0 Å². The maximum Gasteiger partial charge on any atom is 0.210 e. The van der Waals surface area contributed by atoms with Crippen LogP contribution in [0.15, 0.2) is 154 Å². The van der Waals surface area contributed by atoms with Crippen LogP contribution in [0.25, 0.3) is 21.5 Å². The van der Waals surface area contributed by atoms with Crippen molar-refractivity contribution in [2.75, 3.05) is 31.2 Å². The molecule has 5 aromatic rings. The van der Waals surface area contributed by atoms with E-state index in [0.29, 0.717) is 35.5 Å². The summed E-state index contributed by atoms with van der Waals surface area (Å²) >= 11 is 0. The number of unbranched alkanes of at least 4 members (excludes halogenated alkanes) is 2. The van der Waals surface area contributed by atoms with E-state index in [0.717, 1.165) is 48.5 Å². The zero-order valence-electron chi connectivity index (χ0n) is 34.2. The van der Waals surface area contributed by atoms with Crippen molar-refractivity contribution in [2.45, 2.75) is 81.9 Å². The van der Waals surface area contributed by atoms with Gasteiger partial charge in [0.05, 0.1) is 15.2 Å². The quantitative estimate of drug-likeness (QED) is 0.0917. The average molecular weight is 792 g/mol. The fourth-order valence-corrected chi connectivity index (χ4v) is 11.5. The Hall–Kier alpha value is -5.08. The molecule has 0 saturated carbocycles. The molecule has 0 unspecified atom stereocenters. The Labute approximate surface area is 343 Å². The minimum absolute atomic E-state index is 0.145. The summed E-state index contributed by atoms with van der Waals surface area (Å²) in [4.78, 5) is 3.06. The van der Waals surface area contributed by atoms with Gasteiger partial charge in [0, 0.05) is 60.7 Å². The van der Waals surface area contributed by atoms with E-state index in [1.165, 1.54) is 44.0 Å². The standard InChI is InChI=1S/C51H55N2O4S/c1-50(2)45(52(32-12-14-34-54)43-28-24-36-16-8-10-20-41(36)47(43)50)30-26-38-22-23-39(49(38)58(56,57)40-18-6-5-7-19-40)27-31-46-51(3,4)48-42-21-11-9-17-37(42)25-29-44(48)53(46)33-13-15-35-55/h5-11,16-21,24-31,54-55H,12-15,22-23,32-35H2,1-4H3/q+1. The first-order valence-corrected chi connectivity index (χ1v) is 22.3. The van der Waals surface area contributed by atoms with Gasteiger partial charge in [-0.15, -0.1) is 0 Å². The first-order valence-electron chi connectivity index (χ1n) is 20.8. The average Bonchev–Trinajstić information content (AvgIpc) is 3.81. The molecule has 58 heavy (non-hydrogen) atoms. The molecule has 5 aromatic carbocycles. The number of benzene rings is 5. The predicted molar refractivity (Wildman–Crippen MR) is 239 cm³/mol. The fraction of sp³-hybridized carbons (Fsp3) is 0.314. The Balaban J connectivity index is 1.26. The molecule has 0 bridgehead atoms. The number of nitrogens with zero attached hydrogens (tertiary/aromatic N) is 2. The first kappa shape index (κ1) is 39.7. The van der Waals surface area contributed by atoms with Crippen LogP contribution in [0.5, 0.6) is 0 Å². The summed E-state index contributed by atoms with van der Waals surface area (Å²) in [5.41, 5.74) is 8.06. The molecule has 0 aromatic heterocycles. The predicted octanol–water partition coefficient (Wildman–Crippen LogP) is 10.6. The second-order valence-electron chi connectivity index (χ2n) is 16.9. The third-order valence-corrected chi connectivity index (χ3v) is 14.5. The number of hydrogen-bond acceptors (Lipinski definition) is 5. The highest BCUT2D eigenvalue weighted by atomic mass is 32.2. The van der Waals surface area contributed by atoms with Crippen LogP contribution in [0.2, 0.25) is 0 Å². The monoisotopic (exact) mass is 791 g/mol. The molecule has 2 aliphatic heterocycles. The highest BCUT2D eigenvalue weighted by Crippen LogP contribution is 2.51. The number of rotatable bonds is 13. The zero-order chi connectivity index (χ0) is 40.7. The molecule has 2 heterocycles. The third kappa shape index (κ3) is 6.87. The molecule has 2 N–H and O–H groups in total. The van der Waals surface area contributed by atoms with E-state index in [1.54, 1.807) is 24.3 Å². The van der Waals surface area contributed by atoms with Crippen LogP contribution >= 0.6 is 0 Å². The molecule has 0 amide bonds. The van der Waals surface area contributed by atoms with Gasteiger partial charge in [-0.3, -0.25) is 0 Å². The van der Waals surface area contributed by atoms with Gasteiger partial charge in [-0.1, -0.05) is 98.8 Å². The van der Waals surface area contributed by atoms with Gasteiger partial charge < -0.3 is 15.1 Å². The van der Waals surface area contributed by atoms with E-state index in [2.05, 4.69) is 134 Å². The second-order valence-corrected chi connectivity index (χ2v) is 18.8. The van der Waals surface area contributed by atoms with Gasteiger partial charge in [-0.2, -0.15) is 4.58 Å². The van der Waals surface area contributed by atoms with E-state index in [4.69, 9.17) is 0 Å². The Morgan fingerprint density at radius 2 is 1.31 bits per heavy atom. The van der Waals surface area contributed by atoms with Crippen LogP contribution in [0.4, 0.5) is 11.4 Å². The summed E-state index contributed by atoms with van der Waals surface area (Å²) < 4.78 is 32.0. The minimum atomic E-state index is -3.87. The molecule has 298 valence electrons. The highest BCUT2D eigenvalue weighted by molar-refractivity contribution is 7.95. The fourth-order valence-electron chi connectivity index (χ4n) is 9.76. The van der Waals surface area contributed by atoms with Crippen molar-refractivity contribution in [3.63, 3.8) is 0 Å². The van der Waals surface area contributed by atoms with Crippen LogP contribution in [0, 0.1) is 0 Å². The van der Waals surface area contributed by atoms with Crippen LogP contribution in [-0.4, -0.2) is 55.2 Å². The molecule has 0 saturated heterocycles. The molecule has 0 radical (unpaired) electrons. The smallest absolute Gasteiger partial charge is 0.210 e. The van der Waals surface area contributed by atoms with Crippen molar-refractivity contribution >= 4 is 48.5 Å². The summed E-state index contributed by atoms with van der Waals surface area (Å²) in [6, 6.07) is 34.7. The molecule has 0 fully saturated rings. The SMILES string of the molecule is CC1(C)C(/C=C/C2=C(S(=O)(=O)c3ccccc3)C(=C/C=C3/N(CCCCO)c4ccc5ccccc5c4C3(C)C)/CC2)=[N+](CCCCO)c2ccc3ccccc3c21. The lowest BCUT2D eigenvalue weighted by atomic mass is 9.79. The number of aliphatic hydroxyl groups excluding tert-OH is 2. The van der Waals surface area contributed by atoms with Gasteiger partial charge in [0.2, 0.25) is 15.5 Å². The van der Waals surface area contributed by atoms with Crippen molar-refractivity contribution in [3.05, 3.63) is 160 Å². The maximum atomic E-state index is 14.8. The normalized spacial score (nSPS) is 18.8. The first-order chi connectivity index (χ1) is 28.0. The number of aliphatic hydroxyl groups is 2. The molecule has 0 spiro atoms. The van der Waals surface area contributed by atoms with Crippen molar-refractivity contribution in [1.82, 2.24) is 0 Å². The number of sulfone groups is 1. The van der Waals surface area contributed by atoms with Crippen molar-refractivity contribution < 1.29 is 23.2 Å². The highest BCUT2D eigenvalue weighted by Gasteiger charge is 2.46. The lowest BCUT2D eigenvalue weighted by molar-refractivity contribution is -0.438. The lowest BCUT2D eigenvalue weighted by Crippen LogP contribution is -2.28. The molecule has 8 rings (SSSR count). The van der Waals surface area contributed by atoms with E-state index >= 15 is 0 Å². The largest absolute Gasteiger partial charge is 0.396 e. The van der Waals surface area contributed by atoms with Crippen molar-refractivity contribution in [3.8, 4) is 0 Å². The number of anilines is 1. The summed E-state index contributed by atoms with van der Waals surface area (Å²) in [5.74, 6) is 0. The molecule has 7 heteroatoms. The van der Waals surface area contributed by atoms with E-state index < -0.39 is 9.84 Å². The third-order valence-electron chi connectivity index (χ3n) is 12.5. The van der Waals surface area contributed by atoms with Gasteiger partial charge in [-0.25, -0.2) is 8.42 Å². The summed E-state index contributed by atoms with van der Waals surface area (Å²) in [7, 11) is -3.87. The summed E-state index contributed by atoms with van der Waals surface area (Å²) in [6.45, 7) is 10.9. The van der Waals surface area contributed by atoms with Gasteiger partial charge in [0.1, 0.15) is 6.54 Å². The van der Waals surface area contributed by atoms with Gasteiger partial charge >= 0.3 is 0 Å². The Kier molecular flexibility index (Phi) is 10.9. The maximum absolute atomic E-state index is 14.8. The molecule has 1 aliphatic carbocycles. The van der Waals surface area contributed by atoms with E-state index in [1.807, 2.05) is 6.07 Å². The lowest BCUT2D eigenvalue weighted by Gasteiger charge is -2.27. The number of hydrogen-bond donors (Lipinski definition) is 2. The minimum Gasteiger partial charge on any atom is -0.396 e. The summed E-state index contributed by atoms with van der Waals surface area (Å²) in [6.07, 6.45) is 12.8. The molecule has 6 nitrogen and oxygen atoms in total. The topological polar surface area (TPSA) is 80.8 Å². The van der Waals surface area contributed by atoms with Crippen molar-refractivity contribution in [1.29, 1.82) is 0 Å². The Morgan fingerprint density at radius 1 is 0.672 bits per heavy atom. The van der Waals surface area contributed by atoms with Crippen LogP contribution in [-0.2, 0) is 20.7 Å². The molecular formula is C51H55N2O4S+. The zero-order valence-corrected chi connectivity index (χ0v) is 35.0. The van der Waals surface area contributed by atoms with Crippen molar-refractivity contribution in [2.24, 2.45) is 0 Å². The Morgan fingerprint density at radius 3 is 2.02 bits per heavy atom. The number of fused-ring (bicyclic) bond motifs is 6. The van der Waals surface area contributed by atoms with Gasteiger partial charge in [0.15, 0.2) is 5.71 Å². The van der Waals surface area contributed by atoms with Crippen LogP contribution < -0.4 is 4.90 Å². The van der Waals surface area contributed by atoms with Gasteiger partial charge in [0.25, 0.3) is 0 Å². The summed E-state index contributed by atoms with van der Waals surface area (Å²) in [5, 5.41) is 24.2. The van der Waals surface area contributed by atoms with Crippen LogP contribution in [0.3, 0.4) is 0 Å². The van der Waals surface area contributed by atoms with Crippen LogP contribution in [0.1, 0.15) is 77.3 Å². The van der Waals surface area contributed by atoms with E-state index in [9.17, 15) is 18.6 Å². The Bertz CT molecular complexity index is 2660. The molecule has 3 aliphatic rings. The number of allylic oxidation sites excluding steroid dienone is 7. The molecule has 0 atom stereocenters. The second kappa shape index (κ2) is 15.9. The molecular weight excluding hydrogens is 737 g/mol. The van der Waals surface area contributed by atoms with Gasteiger partial charge in [-0.05, 0) is 115 Å².